The lowest BCUT2D eigenvalue weighted by atomic mass is 9.98. The van der Waals surface area contributed by atoms with E-state index in [2.05, 4.69) is 14.9 Å². The van der Waals surface area contributed by atoms with Gasteiger partial charge in [0.15, 0.2) is 5.65 Å². The number of carbonyl (C=O) groups excluding carboxylic acids is 1. The number of fused-ring (bicyclic) bond motifs is 1. The van der Waals surface area contributed by atoms with Crippen molar-refractivity contribution in [2.24, 2.45) is 0 Å². The molecule has 240 valence electrons. The van der Waals surface area contributed by atoms with Crippen LogP contribution in [0.5, 0.6) is 17.2 Å². The van der Waals surface area contributed by atoms with Crippen LogP contribution in [0, 0.1) is 10.1 Å². The van der Waals surface area contributed by atoms with E-state index in [1.165, 1.54) is 30.6 Å². The van der Waals surface area contributed by atoms with E-state index in [1.807, 2.05) is 59.3 Å². The van der Waals surface area contributed by atoms with Gasteiger partial charge < -0.3 is 20.1 Å². The van der Waals surface area contributed by atoms with Crippen molar-refractivity contribution in [3.05, 3.63) is 95.3 Å². The second kappa shape index (κ2) is 13.0. The summed E-state index contributed by atoms with van der Waals surface area (Å²) in [6.45, 7) is 2.92. The molecule has 0 aliphatic carbocycles. The Morgan fingerprint density at radius 3 is 2.28 bits per heavy atom. The third-order valence-electron chi connectivity index (χ3n) is 8.89. The quantitative estimate of drug-likeness (QED) is 0.165. The summed E-state index contributed by atoms with van der Waals surface area (Å²) < 4.78 is 13.5. The van der Waals surface area contributed by atoms with E-state index >= 15 is 0 Å². The number of nitrogen functional groups attached to an aromatic ring is 1. The summed E-state index contributed by atoms with van der Waals surface area (Å²) in [6, 6.07) is 23.4. The van der Waals surface area contributed by atoms with Crippen LogP contribution in [0.1, 0.15) is 31.7 Å². The molecular formula is C34H34N8O5. The van der Waals surface area contributed by atoms with E-state index in [1.54, 1.807) is 4.90 Å². The van der Waals surface area contributed by atoms with E-state index in [9.17, 15) is 14.9 Å². The molecule has 1 atom stereocenters. The molecule has 13 nitrogen and oxygen atoms in total. The number of anilines is 1. The first-order valence-electron chi connectivity index (χ1n) is 15.7. The van der Waals surface area contributed by atoms with Gasteiger partial charge in [-0.05, 0) is 80.8 Å². The molecule has 0 bridgehead atoms. The largest absolute Gasteiger partial charge is 0.457 e. The van der Waals surface area contributed by atoms with Gasteiger partial charge in [-0.2, -0.15) is 5.10 Å². The molecule has 2 saturated heterocycles. The number of benzene rings is 3. The molecule has 5 aromatic rings. The van der Waals surface area contributed by atoms with Crippen LogP contribution in [0.2, 0.25) is 0 Å². The normalized spacial score (nSPS) is 17.4. The average Bonchev–Trinajstić information content (AvgIpc) is 3.50. The minimum atomic E-state index is -0.486. The highest BCUT2D eigenvalue weighted by Crippen LogP contribution is 2.35. The Bertz CT molecular complexity index is 1870. The third kappa shape index (κ3) is 6.42. The number of para-hydroxylation sites is 1. The number of hydrogen-bond acceptors (Lipinski definition) is 10. The molecule has 47 heavy (non-hydrogen) atoms. The van der Waals surface area contributed by atoms with Crippen molar-refractivity contribution in [1.82, 2.24) is 29.5 Å². The second-order valence-electron chi connectivity index (χ2n) is 11.8. The van der Waals surface area contributed by atoms with E-state index in [-0.39, 0.29) is 17.5 Å². The summed E-state index contributed by atoms with van der Waals surface area (Å²) in [4.78, 5) is 36.3. The fraction of sp³-hybridized carbons (Fsp3) is 0.294. The molecule has 2 fully saturated rings. The highest BCUT2D eigenvalue weighted by molar-refractivity contribution is 5.98. The number of likely N-dealkylation sites (tertiary alicyclic amines) is 2. The second-order valence-corrected chi connectivity index (χ2v) is 11.8. The van der Waals surface area contributed by atoms with Gasteiger partial charge in [-0.1, -0.05) is 18.2 Å². The van der Waals surface area contributed by atoms with Crippen molar-refractivity contribution in [3.8, 4) is 28.5 Å². The number of aromatic nitrogens is 4. The van der Waals surface area contributed by atoms with Gasteiger partial charge in [0, 0.05) is 43.4 Å². The number of hydrogen-bond donors (Lipinski definition) is 1. The molecule has 3 aromatic carbocycles. The Labute approximate surface area is 270 Å². The van der Waals surface area contributed by atoms with E-state index in [0.29, 0.717) is 30.6 Å². The van der Waals surface area contributed by atoms with Gasteiger partial charge in [0.25, 0.3) is 5.69 Å². The van der Waals surface area contributed by atoms with Crippen LogP contribution >= 0.6 is 0 Å². The third-order valence-corrected chi connectivity index (χ3v) is 8.89. The molecule has 1 amide bonds. The number of amides is 1. The van der Waals surface area contributed by atoms with Crippen LogP contribution in [0.3, 0.4) is 0 Å². The maximum atomic E-state index is 12.8. The number of nitrogens with two attached hydrogens (primary N) is 1. The minimum absolute atomic E-state index is 0.0519. The summed E-state index contributed by atoms with van der Waals surface area (Å²) in [5.41, 5.74) is 8.71. The highest BCUT2D eigenvalue weighted by Gasteiger charge is 2.33. The topological polar surface area (TPSA) is 155 Å². The summed E-state index contributed by atoms with van der Waals surface area (Å²) in [5, 5.41) is 16.7. The van der Waals surface area contributed by atoms with Gasteiger partial charge in [0.1, 0.15) is 35.1 Å². The maximum Gasteiger partial charge on any atom is 0.415 e. The van der Waals surface area contributed by atoms with Crippen molar-refractivity contribution >= 4 is 28.6 Å². The van der Waals surface area contributed by atoms with E-state index < -0.39 is 11.0 Å². The molecule has 7 rings (SSSR count). The number of nitro groups is 1. The maximum absolute atomic E-state index is 12.8. The zero-order chi connectivity index (χ0) is 32.3. The van der Waals surface area contributed by atoms with Crippen LogP contribution in [0.4, 0.5) is 16.3 Å². The predicted molar refractivity (Wildman–Crippen MR) is 175 cm³/mol. The smallest absolute Gasteiger partial charge is 0.415 e. The summed E-state index contributed by atoms with van der Waals surface area (Å²) in [7, 11) is 0. The van der Waals surface area contributed by atoms with E-state index in [4.69, 9.17) is 20.3 Å². The zero-order valence-corrected chi connectivity index (χ0v) is 25.6. The van der Waals surface area contributed by atoms with Gasteiger partial charge in [0.05, 0.1) is 16.4 Å². The Hall–Kier alpha value is -5.56. The number of ether oxygens (including phenoxy) is 2. The van der Waals surface area contributed by atoms with Crippen LogP contribution in [-0.2, 0) is 0 Å². The van der Waals surface area contributed by atoms with E-state index in [0.717, 1.165) is 66.9 Å². The Morgan fingerprint density at radius 2 is 1.55 bits per heavy atom. The standard InChI is InChI=1S/C34H34N8O5/c35-32-30-31(23-8-12-28(13-9-23)46-27-6-2-1-3-7-27)38-41(33(30)37-22-36-32)26-5-4-18-40(21-26)24-16-19-39(20-17-24)34(43)47-29-14-10-25(11-15-29)42(44)45/h1-3,6-15,22,24,26H,4-5,16-21H2,(H2,35,36,37)/t26-/m1/s1. The fourth-order valence-corrected chi connectivity index (χ4v) is 6.49. The Kier molecular flexibility index (Phi) is 8.36. The number of nitrogens with zero attached hydrogens (tertiary/aromatic N) is 7. The lowest BCUT2D eigenvalue weighted by Gasteiger charge is -2.42. The van der Waals surface area contributed by atoms with Crippen LogP contribution in [0.15, 0.2) is 85.2 Å². The summed E-state index contributed by atoms with van der Waals surface area (Å²) >= 11 is 0. The SMILES string of the molecule is Nc1ncnc2c1c(-c1ccc(Oc3ccccc3)cc1)nn2[C@@H]1CCCN(C2CCN(C(=O)Oc3ccc([N+](=O)[O-])cc3)CC2)C1. The Balaban J connectivity index is 1.03. The highest BCUT2D eigenvalue weighted by atomic mass is 16.6. The summed E-state index contributed by atoms with van der Waals surface area (Å²) in [6.07, 6.45) is 4.65. The van der Waals surface area contributed by atoms with Crippen molar-refractivity contribution < 1.29 is 19.2 Å². The molecule has 2 aliphatic rings. The van der Waals surface area contributed by atoms with Gasteiger partial charge in [-0.3, -0.25) is 15.0 Å². The predicted octanol–water partition coefficient (Wildman–Crippen LogP) is 6.08. The Morgan fingerprint density at radius 1 is 0.851 bits per heavy atom. The molecular weight excluding hydrogens is 600 g/mol. The summed E-state index contributed by atoms with van der Waals surface area (Å²) in [5.74, 6) is 2.17. The van der Waals surface area contributed by atoms with Gasteiger partial charge in [-0.25, -0.2) is 19.4 Å². The lowest BCUT2D eigenvalue weighted by molar-refractivity contribution is -0.384. The average molecular weight is 635 g/mol. The van der Waals surface area contributed by atoms with Crippen LogP contribution in [-0.4, -0.2) is 72.8 Å². The zero-order valence-electron chi connectivity index (χ0n) is 25.6. The number of piperidine rings is 2. The number of non-ortho nitro benzene ring substituents is 1. The minimum Gasteiger partial charge on any atom is -0.457 e. The monoisotopic (exact) mass is 634 g/mol. The molecule has 4 heterocycles. The molecule has 0 saturated carbocycles. The number of rotatable bonds is 7. The molecule has 13 heteroatoms. The number of nitro benzene ring substituents is 1. The molecule has 0 radical (unpaired) electrons. The van der Waals surface area contributed by atoms with Crippen LogP contribution in [0.25, 0.3) is 22.3 Å². The first kappa shape index (κ1) is 30.1. The lowest BCUT2D eigenvalue weighted by Crippen LogP contribution is -2.50. The van der Waals surface area contributed by atoms with Gasteiger partial charge in [0.2, 0.25) is 0 Å². The van der Waals surface area contributed by atoms with Crippen LogP contribution < -0.4 is 15.2 Å². The van der Waals surface area contributed by atoms with Crippen molar-refractivity contribution in [2.45, 2.75) is 37.8 Å². The fourth-order valence-electron chi connectivity index (χ4n) is 6.49. The van der Waals surface area contributed by atoms with Crippen molar-refractivity contribution in [1.29, 1.82) is 0 Å². The van der Waals surface area contributed by atoms with Crippen molar-refractivity contribution in [3.63, 3.8) is 0 Å². The van der Waals surface area contributed by atoms with Gasteiger partial charge >= 0.3 is 6.09 Å². The molecule has 0 unspecified atom stereocenters. The molecule has 0 spiro atoms. The molecule has 2 aromatic heterocycles. The molecule has 2 N–H and O–H groups in total. The molecule has 2 aliphatic heterocycles. The van der Waals surface area contributed by atoms with Crippen molar-refractivity contribution in [2.75, 3.05) is 31.9 Å². The first-order chi connectivity index (χ1) is 22.9. The van der Waals surface area contributed by atoms with Gasteiger partial charge in [-0.15, -0.1) is 0 Å². The number of carbonyl (C=O) groups is 1. The first-order valence-corrected chi connectivity index (χ1v) is 15.7.